The minimum absolute atomic E-state index is 0.114. The highest BCUT2D eigenvalue weighted by Gasteiger charge is 2.72. The van der Waals surface area contributed by atoms with Gasteiger partial charge in [-0.3, -0.25) is 0 Å². The standard InChI is InChI=1S/C17H14FNO3S/c18-13-8-6-12(7-9-13)15-16(17(15,10-19)11-20)23(21,22)14-4-2-1-3-5-14/h1-9,15-16,20H,11H2/t15-,16+,17-/m0/s1. The molecule has 0 aliphatic heterocycles. The Bertz CT molecular complexity index is 859. The summed E-state index contributed by atoms with van der Waals surface area (Å²) in [6.07, 6.45) is 0. The molecular formula is C17H14FNO3S. The van der Waals surface area contributed by atoms with E-state index >= 15 is 0 Å². The Morgan fingerprint density at radius 2 is 1.74 bits per heavy atom. The van der Waals surface area contributed by atoms with Crippen LogP contribution in [-0.4, -0.2) is 25.4 Å². The second kappa shape index (κ2) is 5.44. The van der Waals surface area contributed by atoms with Crippen molar-refractivity contribution in [2.45, 2.75) is 16.1 Å². The lowest BCUT2D eigenvalue weighted by Gasteiger charge is -2.05. The molecule has 2 aromatic rings. The maximum atomic E-state index is 13.1. The Balaban J connectivity index is 2.07. The van der Waals surface area contributed by atoms with Gasteiger partial charge < -0.3 is 5.11 Å². The van der Waals surface area contributed by atoms with Gasteiger partial charge >= 0.3 is 0 Å². The van der Waals surface area contributed by atoms with E-state index in [-0.39, 0.29) is 4.90 Å². The van der Waals surface area contributed by atoms with E-state index < -0.39 is 38.8 Å². The number of nitrogens with zero attached hydrogens (tertiary/aromatic N) is 1. The third-order valence-electron chi connectivity index (χ3n) is 4.36. The fourth-order valence-electron chi connectivity index (χ4n) is 3.12. The van der Waals surface area contributed by atoms with E-state index in [1.807, 2.05) is 6.07 Å². The average Bonchev–Trinajstić information content (AvgIpc) is 3.27. The molecule has 0 bridgehead atoms. The van der Waals surface area contributed by atoms with E-state index in [9.17, 15) is 23.2 Å². The molecule has 1 aliphatic carbocycles. The first-order valence-corrected chi connectivity index (χ1v) is 8.58. The highest BCUT2D eigenvalue weighted by molar-refractivity contribution is 7.92. The molecule has 23 heavy (non-hydrogen) atoms. The van der Waals surface area contributed by atoms with Gasteiger partial charge in [0.15, 0.2) is 9.84 Å². The Morgan fingerprint density at radius 3 is 2.26 bits per heavy atom. The number of benzene rings is 2. The molecular weight excluding hydrogens is 317 g/mol. The second-order valence-electron chi connectivity index (χ2n) is 5.62. The second-order valence-corrected chi connectivity index (χ2v) is 7.69. The Morgan fingerprint density at radius 1 is 1.13 bits per heavy atom. The number of nitriles is 1. The van der Waals surface area contributed by atoms with Crippen molar-refractivity contribution in [2.24, 2.45) is 5.41 Å². The van der Waals surface area contributed by atoms with Gasteiger partial charge in [-0.15, -0.1) is 0 Å². The monoisotopic (exact) mass is 331 g/mol. The Kier molecular flexibility index (Phi) is 3.71. The first-order valence-electron chi connectivity index (χ1n) is 7.04. The molecule has 6 heteroatoms. The quantitative estimate of drug-likeness (QED) is 0.932. The summed E-state index contributed by atoms with van der Waals surface area (Å²) in [5.74, 6) is -1.12. The van der Waals surface area contributed by atoms with Gasteiger partial charge in [-0.1, -0.05) is 30.3 Å². The van der Waals surface area contributed by atoms with Gasteiger partial charge in [-0.05, 0) is 29.8 Å². The third kappa shape index (κ3) is 2.33. The third-order valence-corrected chi connectivity index (χ3v) is 6.65. The van der Waals surface area contributed by atoms with Crippen molar-refractivity contribution in [2.75, 3.05) is 6.61 Å². The minimum Gasteiger partial charge on any atom is -0.395 e. The van der Waals surface area contributed by atoms with Crippen LogP contribution in [0.2, 0.25) is 0 Å². The molecule has 118 valence electrons. The van der Waals surface area contributed by atoms with Gasteiger partial charge in [-0.2, -0.15) is 5.26 Å². The summed E-state index contributed by atoms with van der Waals surface area (Å²) in [5, 5.41) is 18.1. The number of rotatable bonds is 4. The topological polar surface area (TPSA) is 78.2 Å². The van der Waals surface area contributed by atoms with Crippen LogP contribution in [0.1, 0.15) is 11.5 Å². The number of hydrogen-bond donors (Lipinski definition) is 1. The smallest absolute Gasteiger partial charge is 0.183 e. The van der Waals surface area contributed by atoms with Crippen LogP contribution in [-0.2, 0) is 9.84 Å². The molecule has 1 fully saturated rings. The fourth-order valence-corrected chi connectivity index (χ4v) is 5.45. The molecule has 0 radical (unpaired) electrons. The molecule has 2 aromatic carbocycles. The molecule has 1 N–H and O–H groups in total. The lowest BCUT2D eigenvalue weighted by molar-refractivity contribution is 0.242. The van der Waals surface area contributed by atoms with Crippen molar-refractivity contribution in [3.8, 4) is 6.07 Å². The predicted octanol–water partition coefficient (Wildman–Crippen LogP) is 2.27. The first-order chi connectivity index (χ1) is 11.0. The van der Waals surface area contributed by atoms with Crippen molar-refractivity contribution in [1.29, 1.82) is 5.26 Å². The highest BCUT2D eigenvalue weighted by atomic mass is 32.2. The van der Waals surface area contributed by atoms with Gasteiger partial charge in [0.2, 0.25) is 0 Å². The molecule has 3 rings (SSSR count). The van der Waals surface area contributed by atoms with E-state index in [0.717, 1.165) is 0 Å². The maximum absolute atomic E-state index is 13.1. The molecule has 0 spiro atoms. The van der Waals surface area contributed by atoms with E-state index in [1.165, 1.54) is 36.4 Å². The van der Waals surface area contributed by atoms with Gasteiger partial charge in [0.25, 0.3) is 0 Å². The van der Waals surface area contributed by atoms with Crippen molar-refractivity contribution >= 4 is 9.84 Å². The first kappa shape index (κ1) is 15.7. The molecule has 0 aromatic heterocycles. The van der Waals surface area contributed by atoms with E-state index in [1.54, 1.807) is 18.2 Å². The Hall–Kier alpha value is -2.23. The fraction of sp³-hybridized carbons (Fsp3) is 0.235. The molecule has 0 unspecified atom stereocenters. The molecule has 4 nitrogen and oxygen atoms in total. The van der Waals surface area contributed by atoms with Gasteiger partial charge in [0.05, 0.1) is 22.8 Å². The van der Waals surface area contributed by atoms with Crippen LogP contribution in [0.25, 0.3) is 0 Å². The summed E-state index contributed by atoms with van der Waals surface area (Å²) < 4.78 is 38.8. The zero-order valence-electron chi connectivity index (χ0n) is 12.1. The van der Waals surface area contributed by atoms with Crippen molar-refractivity contribution in [1.82, 2.24) is 0 Å². The Labute approximate surface area is 133 Å². The molecule has 0 amide bonds. The van der Waals surface area contributed by atoms with Crippen LogP contribution in [0.5, 0.6) is 0 Å². The van der Waals surface area contributed by atoms with Crippen LogP contribution in [0, 0.1) is 22.6 Å². The number of aliphatic hydroxyl groups is 1. The molecule has 1 aliphatic rings. The van der Waals surface area contributed by atoms with E-state index in [4.69, 9.17) is 0 Å². The van der Waals surface area contributed by atoms with Crippen molar-refractivity contribution in [3.63, 3.8) is 0 Å². The lowest BCUT2D eigenvalue weighted by Crippen LogP contribution is -2.18. The van der Waals surface area contributed by atoms with Gasteiger partial charge in [0, 0.05) is 5.92 Å². The zero-order valence-corrected chi connectivity index (χ0v) is 12.9. The summed E-state index contributed by atoms with van der Waals surface area (Å²) in [5.41, 5.74) is -0.863. The van der Waals surface area contributed by atoms with E-state index in [2.05, 4.69) is 0 Å². The zero-order chi connectivity index (χ0) is 16.7. The van der Waals surface area contributed by atoms with Crippen LogP contribution < -0.4 is 0 Å². The summed E-state index contributed by atoms with van der Waals surface area (Å²) in [6.45, 7) is -0.567. The summed E-state index contributed by atoms with van der Waals surface area (Å²) >= 11 is 0. The van der Waals surface area contributed by atoms with Crippen molar-refractivity contribution < 1.29 is 17.9 Å². The number of hydrogen-bond acceptors (Lipinski definition) is 4. The molecule has 1 saturated carbocycles. The van der Waals surface area contributed by atoms with Gasteiger partial charge in [-0.25, -0.2) is 12.8 Å². The summed E-state index contributed by atoms with van der Waals surface area (Å²) in [4.78, 5) is 0.114. The molecule has 0 heterocycles. The van der Waals surface area contributed by atoms with Crippen LogP contribution in [0.4, 0.5) is 4.39 Å². The minimum atomic E-state index is -3.78. The largest absolute Gasteiger partial charge is 0.395 e. The lowest BCUT2D eigenvalue weighted by atomic mass is 10.0. The SMILES string of the molecule is N#C[C@@]1(CO)[C@H](S(=O)(=O)c2ccccc2)[C@@H]1c1ccc(F)cc1. The average molecular weight is 331 g/mol. The van der Waals surface area contributed by atoms with Crippen LogP contribution in [0.15, 0.2) is 59.5 Å². The maximum Gasteiger partial charge on any atom is 0.183 e. The summed E-state index contributed by atoms with van der Waals surface area (Å²) in [7, 11) is -3.78. The normalized spacial score (nSPS) is 26.5. The van der Waals surface area contributed by atoms with Crippen LogP contribution >= 0.6 is 0 Å². The molecule has 0 saturated heterocycles. The summed E-state index contributed by atoms with van der Waals surface area (Å²) in [6, 6.07) is 15.2. The predicted molar refractivity (Wildman–Crippen MR) is 81.7 cm³/mol. The molecule has 3 atom stereocenters. The van der Waals surface area contributed by atoms with Crippen molar-refractivity contribution in [3.05, 3.63) is 66.0 Å². The van der Waals surface area contributed by atoms with Crippen LogP contribution in [0.3, 0.4) is 0 Å². The highest BCUT2D eigenvalue weighted by Crippen LogP contribution is 2.63. The van der Waals surface area contributed by atoms with Gasteiger partial charge in [0.1, 0.15) is 11.2 Å². The number of halogens is 1. The number of sulfone groups is 1. The number of aliphatic hydroxyl groups excluding tert-OH is 1. The van der Waals surface area contributed by atoms with E-state index in [0.29, 0.717) is 5.56 Å².